The number of non-ortho nitro benzene ring substituents is 1. The van der Waals surface area contributed by atoms with Gasteiger partial charge in [-0.05, 0) is 30.7 Å². The summed E-state index contributed by atoms with van der Waals surface area (Å²) in [5.41, 5.74) is 7.12. The molecule has 0 aliphatic heterocycles. The van der Waals surface area contributed by atoms with Gasteiger partial charge in [-0.15, -0.1) is 0 Å². The Morgan fingerprint density at radius 2 is 2.00 bits per heavy atom. The van der Waals surface area contributed by atoms with Crippen molar-refractivity contribution >= 4 is 17.3 Å². The summed E-state index contributed by atoms with van der Waals surface area (Å²) in [5, 5.41) is 17.0. The van der Waals surface area contributed by atoms with Crippen LogP contribution in [-0.4, -0.2) is 21.0 Å². The lowest BCUT2D eigenvalue weighted by Gasteiger charge is -2.10. The van der Waals surface area contributed by atoms with E-state index in [0.717, 1.165) is 5.69 Å². The molecule has 3 N–H and O–H groups in total. The summed E-state index contributed by atoms with van der Waals surface area (Å²) >= 11 is 0. The Hall–Kier alpha value is -3.16. The van der Waals surface area contributed by atoms with Gasteiger partial charge in [0.25, 0.3) is 11.6 Å². The van der Waals surface area contributed by atoms with E-state index < -0.39 is 10.8 Å². The van der Waals surface area contributed by atoms with E-state index in [1.807, 2.05) is 0 Å². The molecule has 0 radical (unpaired) electrons. The summed E-state index contributed by atoms with van der Waals surface area (Å²) in [6, 6.07) is 7.41. The van der Waals surface area contributed by atoms with Crippen LogP contribution in [0.4, 0.5) is 5.69 Å². The van der Waals surface area contributed by atoms with Crippen molar-refractivity contribution in [1.82, 2.24) is 21.0 Å². The molecule has 0 aliphatic carbocycles. The molecule has 0 bridgehead atoms. The van der Waals surface area contributed by atoms with Crippen LogP contribution in [0.15, 0.2) is 36.9 Å². The number of benzene rings is 1. The Morgan fingerprint density at radius 1 is 1.33 bits per heavy atom. The number of hydrazine groups is 1. The molecule has 0 spiro atoms. The van der Waals surface area contributed by atoms with E-state index in [-0.39, 0.29) is 11.4 Å². The molecular formula is C13H13N5O3. The summed E-state index contributed by atoms with van der Waals surface area (Å²) < 4.78 is 0. The Morgan fingerprint density at radius 3 is 2.52 bits per heavy atom. The number of nitrogens with one attached hydrogen (secondary N) is 3. The average molecular weight is 287 g/mol. The largest absolute Gasteiger partial charge is 0.298 e. The number of H-pyrrole nitrogens is 1. The number of amides is 1. The first-order chi connectivity index (χ1) is 9.97. The van der Waals surface area contributed by atoms with Crippen molar-refractivity contribution in [2.45, 2.75) is 6.92 Å². The number of aromatic amines is 1. The van der Waals surface area contributed by atoms with Gasteiger partial charge in [-0.25, -0.2) is 0 Å². The zero-order valence-corrected chi connectivity index (χ0v) is 11.2. The minimum atomic E-state index is -0.484. The molecule has 108 valence electrons. The first-order valence-electron chi connectivity index (χ1n) is 5.99. The Bertz CT molecular complexity index is 690. The summed E-state index contributed by atoms with van der Waals surface area (Å²) in [5.74, 6) is -0.414. The lowest BCUT2D eigenvalue weighted by molar-refractivity contribution is -0.384. The van der Waals surface area contributed by atoms with Gasteiger partial charge in [0.15, 0.2) is 5.69 Å². The highest BCUT2D eigenvalue weighted by atomic mass is 16.6. The number of aromatic nitrogens is 2. The third-order valence-corrected chi connectivity index (χ3v) is 2.69. The number of nitrogens with zero attached hydrogens (tertiary/aromatic N) is 2. The molecule has 2 rings (SSSR count). The highest BCUT2D eigenvalue weighted by molar-refractivity contribution is 5.92. The quantitative estimate of drug-likeness (QED) is 0.570. The predicted octanol–water partition coefficient (Wildman–Crippen LogP) is 1.53. The molecule has 1 aromatic carbocycles. The molecule has 0 saturated carbocycles. The molecule has 0 fully saturated rings. The maximum atomic E-state index is 11.8. The van der Waals surface area contributed by atoms with E-state index in [2.05, 4.69) is 27.6 Å². The highest BCUT2D eigenvalue weighted by Crippen LogP contribution is 2.15. The maximum Gasteiger partial charge on any atom is 0.290 e. The number of carbonyl (C=O) groups is 1. The van der Waals surface area contributed by atoms with Crippen LogP contribution in [0.25, 0.3) is 5.70 Å². The molecule has 1 amide bonds. The van der Waals surface area contributed by atoms with Gasteiger partial charge in [0.2, 0.25) is 0 Å². The summed E-state index contributed by atoms with van der Waals surface area (Å²) in [6.07, 6.45) is 0. The van der Waals surface area contributed by atoms with Crippen LogP contribution in [-0.2, 0) is 0 Å². The van der Waals surface area contributed by atoms with Crippen LogP contribution in [0.3, 0.4) is 0 Å². The maximum absolute atomic E-state index is 11.8. The predicted molar refractivity (Wildman–Crippen MR) is 76.1 cm³/mol. The van der Waals surface area contributed by atoms with Crippen LogP contribution in [0.1, 0.15) is 21.7 Å². The lowest BCUT2D eigenvalue weighted by atomic mass is 10.1. The van der Waals surface area contributed by atoms with E-state index in [1.165, 1.54) is 24.3 Å². The molecule has 8 heteroatoms. The second kappa shape index (κ2) is 5.87. The Kier molecular flexibility index (Phi) is 3.98. The molecule has 1 aromatic heterocycles. The lowest BCUT2D eigenvalue weighted by Crippen LogP contribution is -2.36. The van der Waals surface area contributed by atoms with Crippen molar-refractivity contribution in [1.29, 1.82) is 0 Å². The van der Waals surface area contributed by atoms with Gasteiger partial charge in [-0.1, -0.05) is 6.58 Å². The number of carbonyl (C=O) groups excluding carboxylic acids is 1. The molecule has 1 heterocycles. The van der Waals surface area contributed by atoms with Gasteiger partial charge in [0, 0.05) is 17.8 Å². The minimum absolute atomic E-state index is 0.0115. The number of rotatable bonds is 5. The van der Waals surface area contributed by atoms with Gasteiger partial charge in [-0.2, -0.15) is 5.10 Å². The second-order valence-corrected chi connectivity index (χ2v) is 4.30. The number of nitro benzene ring substituents is 1. The fourth-order valence-electron chi connectivity index (χ4n) is 1.59. The Labute approximate surface area is 120 Å². The number of hydrogen-bond acceptors (Lipinski definition) is 5. The standard InChI is InChI=1S/C13H13N5O3/c1-8-7-12(16-14-8)13(19)17-15-9(2)10-3-5-11(6-4-10)18(20)21/h3-7,15H,2H2,1H3,(H,14,16)(H,17,19). The normalized spacial score (nSPS) is 9.95. The van der Waals surface area contributed by atoms with E-state index in [0.29, 0.717) is 11.3 Å². The van der Waals surface area contributed by atoms with Crippen LogP contribution in [0.5, 0.6) is 0 Å². The first-order valence-corrected chi connectivity index (χ1v) is 5.99. The molecule has 0 aliphatic rings. The molecule has 21 heavy (non-hydrogen) atoms. The fourth-order valence-corrected chi connectivity index (χ4v) is 1.59. The van der Waals surface area contributed by atoms with Crippen molar-refractivity contribution in [3.63, 3.8) is 0 Å². The number of aryl methyl sites for hydroxylation is 1. The zero-order chi connectivity index (χ0) is 15.4. The van der Waals surface area contributed by atoms with Crippen LogP contribution in [0, 0.1) is 17.0 Å². The van der Waals surface area contributed by atoms with Crippen molar-refractivity contribution in [3.05, 3.63) is 64.0 Å². The highest BCUT2D eigenvalue weighted by Gasteiger charge is 2.10. The molecule has 0 saturated heterocycles. The monoisotopic (exact) mass is 287 g/mol. The molecule has 0 unspecified atom stereocenters. The van der Waals surface area contributed by atoms with E-state index >= 15 is 0 Å². The van der Waals surface area contributed by atoms with Crippen molar-refractivity contribution < 1.29 is 9.72 Å². The average Bonchev–Trinajstić information content (AvgIpc) is 2.91. The first kappa shape index (κ1) is 14.3. The van der Waals surface area contributed by atoms with Gasteiger partial charge in [0.05, 0.1) is 10.6 Å². The van der Waals surface area contributed by atoms with Crippen LogP contribution >= 0.6 is 0 Å². The number of hydrogen-bond donors (Lipinski definition) is 3. The van der Waals surface area contributed by atoms with Crippen LogP contribution < -0.4 is 10.9 Å². The van der Waals surface area contributed by atoms with Gasteiger partial charge in [0.1, 0.15) is 0 Å². The molecular weight excluding hydrogens is 274 g/mol. The molecule has 2 aromatic rings. The van der Waals surface area contributed by atoms with E-state index in [9.17, 15) is 14.9 Å². The Balaban J connectivity index is 1.95. The van der Waals surface area contributed by atoms with Crippen molar-refractivity contribution in [2.24, 2.45) is 0 Å². The number of nitro groups is 1. The SMILES string of the molecule is C=C(NNC(=O)c1cc(C)[nH]n1)c1ccc([N+](=O)[O-])cc1. The van der Waals surface area contributed by atoms with Crippen molar-refractivity contribution in [2.75, 3.05) is 0 Å². The fraction of sp³-hybridized carbons (Fsp3) is 0.0769. The summed E-state index contributed by atoms with van der Waals surface area (Å²) in [7, 11) is 0. The summed E-state index contributed by atoms with van der Waals surface area (Å²) in [4.78, 5) is 21.8. The van der Waals surface area contributed by atoms with Crippen LogP contribution in [0.2, 0.25) is 0 Å². The third-order valence-electron chi connectivity index (χ3n) is 2.69. The van der Waals surface area contributed by atoms with E-state index in [1.54, 1.807) is 13.0 Å². The van der Waals surface area contributed by atoms with Crippen molar-refractivity contribution in [3.8, 4) is 0 Å². The van der Waals surface area contributed by atoms with Gasteiger partial charge < -0.3 is 0 Å². The van der Waals surface area contributed by atoms with Gasteiger partial charge >= 0.3 is 0 Å². The third kappa shape index (κ3) is 3.44. The zero-order valence-electron chi connectivity index (χ0n) is 11.2. The van der Waals surface area contributed by atoms with Gasteiger partial charge in [-0.3, -0.25) is 30.9 Å². The molecule has 0 atom stereocenters. The topological polar surface area (TPSA) is 113 Å². The smallest absolute Gasteiger partial charge is 0.290 e. The van der Waals surface area contributed by atoms with E-state index in [4.69, 9.17) is 0 Å². The minimum Gasteiger partial charge on any atom is -0.298 e. The molecule has 8 nitrogen and oxygen atoms in total. The summed E-state index contributed by atoms with van der Waals surface area (Å²) in [6.45, 7) is 5.53. The second-order valence-electron chi connectivity index (χ2n) is 4.30.